The molecule has 0 aromatic carbocycles. The van der Waals surface area contributed by atoms with Gasteiger partial charge >= 0.3 is 5.97 Å². The van der Waals surface area contributed by atoms with Crippen LogP contribution in [0.25, 0.3) is 0 Å². The molecule has 0 fully saturated rings. The molecule has 6 heteroatoms. The molecule has 0 radical (unpaired) electrons. The molecule has 0 aromatic rings. The Balaban J connectivity index is 4.59. The van der Waals surface area contributed by atoms with Gasteiger partial charge in [-0.1, -0.05) is 293 Å². The van der Waals surface area contributed by atoms with Gasteiger partial charge in [0.05, 0.1) is 25.2 Å². The van der Waals surface area contributed by atoms with Gasteiger partial charge in [-0.3, -0.25) is 9.59 Å². The Morgan fingerprint density at radius 2 is 0.791 bits per heavy atom. The number of carbonyl (C=O) groups is 2. The molecule has 67 heavy (non-hydrogen) atoms. The van der Waals surface area contributed by atoms with Gasteiger partial charge in [0.25, 0.3) is 0 Å². The molecule has 0 rings (SSSR count). The summed E-state index contributed by atoms with van der Waals surface area (Å²) >= 11 is 0. The molecule has 0 spiro atoms. The standard InChI is InChI=1S/C61H111NO5/c1-4-7-10-13-16-19-22-25-28-29-30-33-36-39-42-45-48-51-54-61(66)67-57(52-49-46-43-40-37-34-31-26-23-20-17-14-11-8-5-2)55-60(65)62-58(56-63)59(64)53-50-47-44-41-38-35-32-27-24-21-18-15-12-9-6-3/h10,13,16,19,22,25,28-30,33,57-59,63-64H,4-9,11-12,14-15,17-18,20-21,23-24,26-27,31-32,34-56H2,1-3H3,(H,62,65)/b13-10+,19-16+,25-22+,29-28+,33-30+. The van der Waals surface area contributed by atoms with E-state index in [1.165, 1.54) is 167 Å². The second-order valence-electron chi connectivity index (χ2n) is 19.8. The number of ether oxygens (including phenoxy) is 1. The Morgan fingerprint density at radius 3 is 1.21 bits per heavy atom. The fourth-order valence-electron chi connectivity index (χ4n) is 8.82. The normalized spacial score (nSPS) is 13.6. The first kappa shape index (κ1) is 64.6. The van der Waals surface area contributed by atoms with Gasteiger partial charge in [-0.15, -0.1) is 0 Å². The molecule has 390 valence electrons. The van der Waals surface area contributed by atoms with E-state index in [2.05, 4.69) is 62.5 Å². The van der Waals surface area contributed by atoms with E-state index in [4.69, 9.17) is 4.74 Å². The van der Waals surface area contributed by atoms with Crippen molar-refractivity contribution in [1.82, 2.24) is 5.32 Å². The quantitative estimate of drug-likeness (QED) is 0.0321. The average molecular weight is 939 g/mol. The monoisotopic (exact) mass is 938 g/mol. The van der Waals surface area contributed by atoms with Crippen molar-refractivity contribution in [3.8, 4) is 0 Å². The second-order valence-corrected chi connectivity index (χ2v) is 19.8. The first-order chi connectivity index (χ1) is 33.0. The van der Waals surface area contributed by atoms with Crippen molar-refractivity contribution in [1.29, 1.82) is 0 Å². The molecule has 3 unspecified atom stereocenters. The van der Waals surface area contributed by atoms with E-state index in [1.54, 1.807) is 0 Å². The summed E-state index contributed by atoms with van der Waals surface area (Å²) in [6.45, 7) is 6.42. The Labute approximate surface area is 416 Å². The summed E-state index contributed by atoms with van der Waals surface area (Å²) in [6.07, 6.45) is 68.5. The fourth-order valence-corrected chi connectivity index (χ4v) is 8.82. The maximum Gasteiger partial charge on any atom is 0.306 e. The van der Waals surface area contributed by atoms with Crippen molar-refractivity contribution in [3.05, 3.63) is 60.8 Å². The smallest absolute Gasteiger partial charge is 0.306 e. The largest absolute Gasteiger partial charge is 0.462 e. The SMILES string of the molecule is CCC/C=C/C=C/C=C/C=C/C=C/CCCCCCCC(=O)OC(CCCCCCCCCCCCCCCCC)CC(=O)NC(CO)C(O)CCCCCCCCCCCCCCCCC. The topological polar surface area (TPSA) is 95.9 Å². The number of rotatable bonds is 52. The van der Waals surface area contributed by atoms with Crippen LogP contribution in [0.4, 0.5) is 0 Å². The van der Waals surface area contributed by atoms with E-state index in [0.717, 1.165) is 77.0 Å². The van der Waals surface area contributed by atoms with Crippen LogP contribution in [-0.4, -0.2) is 46.9 Å². The molecule has 0 aliphatic rings. The van der Waals surface area contributed by atoms with Crippen molar-refractivity contribution >= 4 is 11.9 Å². The summed E-state index contributed by atoms with van der Waals surface area (Å²) in [6, 6.07) is -0.708. The summed E-state index contributed by atoms with van der Waals surface area (Å²) in [7, 11) is 0. The molecule has 3 N–H and O–H groups in total. The predicted molar refractivity (Wildman–Crippen MR) is 292 cm³/mol. The van der Waals surface area contributed by atoms with Crippen molar-refractivity contribution in [3.63, 3.8) is 0 Å². The van der Waals surface area contributed by atoms with Gasteiger partial charge in [0, 0.05) is 6.42 Å². The third kappa shape index (κ3) is 49.8. The van der Waals surface area contributed by atoms with Gasteiger partial charge < -0.3 is 20.3 Å². The minimum Gasteiger partial charge on any atom is -0.462 e. The molecule has 0 saturated heterocycles. The number of unbranched alkanes of at least 4 members (excludes halogenated alkanes) is 34. The fraction of sp³-hybridized carbons (Fsp3) is 0.803. The van der Waals surface area contributed by atoms with Crippen molar-refractivity contribution in [2.45, 2.75) is 309 Å². The van der Waals surface area contributed by atoms with Crippen LogP contribution < -0.4 is 5.32 Å². The van der Waals surface area contributed by atoms with Crippen LogP contribution in [0.5, 0.6) is 0 Å². The zero-order chi connectivity index (χ0) is 48.8. The molecular weight excluding hydrogens is 827 g/mol. The van der Waals surface area contributed by atoms with Crippen molar-refractivity contribution in [2.75, 3.05) is 6.61 Å². The third-order valence-electron chi connectivity index (χ3n) is 13.2. The zero-order valence-corrected chi connectivity index (χ0v) is 44.5. The van der Waals surface area contributed by atoms with E-state index in [-0.39, 0.29) is 24.9 Å². The van der Waals surface area contributed by atoms with Gasteiger partial charge in [0.15, 0.2) is 0 Å². The van der Waals surface area contributed by atoms with Gasteiger partial charge in [-0.05, 0) is 44.9 Å². The molecule has 6 nitrogen and oxygen atoms in total. The molecule has 0 saturated carbocycles. The lowest BCUT2D eigenvalue weighted by Gasteiger charge is -2.24. The summed E-state index contributed by atoms with van der Waals surface area (Å²) in [5, 5.41) is 23.9. The number of carbonyl (C=O) groups excluding carboxylic acids is 2. The molecule has 0 aromatic heterocycles. The highest BCUT2D eigenvalue weighted by Gasteiger charge is 2.24. The Hall–Kier alpha value is -2.44. The second kappa shape index (κ2) is 54.5. The molecule has 0 heterocycles. The van der Waals surface area contributed by atoms with Gasteiger partial charge in [0.1, 0.15) is 6.10 Å². The van der Waals surface area contributed by atoms with Crippen molar-refractivity contribution < 1.29 is 24.5 Å². The van der Waals surface area contributed by atoms with Gasteiger partial charge in [0.2, 0.25) is 5.91 Å². The predicted octanol–water partition coefficient (Wildman–Crippen LogP) is 18.0. The Morgan fingerprint density at radius 1 is 0.433 bits per heavy atom. The van der Waals surface area contributed by atoms with E-state index in [0.29, 0.717) is 19.3 Å². The third-order valence-corrected chi connectivity index (χ3v) is 13.2. The van der Waals surface area contributed by atoms with Crippen LogP contribution in [0.3, 0.4) is 0 Å². The lowest BCUT2D eigenvalue weighted by molar-refractivity contribution is -0.151. The van der Waals surface area contributed by atoms with E-state index >= 15 is 0 Å². The molecule has 0 aliphatic carbocycles. The zero-order valence-electron chi connectivity index (χ0n) is 44.5. The number of esters is 1. The van der Waals surface area contributed by atoms with E-state index in [9.17, 15) is 19.8 Å². The summed E-state index contributed by atoms with van der Waals surface area (Å²) in [5.74, 6) is -0.491. The summed E-state index contributed by atoms with van der Waals surface area (Å²) in [5.41, 5.74) is 0. The van der Waals surface area contributed by atoms with Gasteiger partial charge in [-0.2, -0.15) is 0 Å². The van der Waals surface area contributed by atoms with Crippen LogP contribution in [0, 0.1) is 0 Å². The van der Waals surface area contributed by atoms with Crippen molar-refractivity contribution in [2.24, 2.45) is 0 Å². The highest BCUT2D eigenvalue weighted by atomic mass is 16.5. The highest BCUT2D eigenvalue weighted by Crippen LogP contribution is 2.19. The molecule has 3 atom stereocenters. The Kier molecular flexibility index (Phi) is 52.5. The van der Waals surface area contributed by atoms with Crippen LogP contribution in [-0.2, 0) is 14.3 Å². The van der Waals surface area contributed by atoms with E-state index < -0.39 is 18.2 Å². The van der Waals surface area contributed by atoms with E-state index in [1.807, 2.05) is 24.3 Å². The molecule has 0 aliphatic heterocycles. The minimum atomic E-state index is -0.793. The number of aliphatic hydroxyl groups is 2. The number of hydrogen-bond donors (Lipinski definition) is 3. The lowest BCUT2D eigenvalue weighted by Crippen LogP contribution is -2.46. The van der Waals surface area contributed by atoms with Crippen LogP contribution in [0.15, 0.2) is 60.8 Å². The average Bonchev–Trinajstić information content (AvgIpc) is 3.32. The van der Waals surface area contributed by atoms with Crippen LogP contribution in [0.2, 0.25) is 0 Å². The van der Waals surface area contributed by atoms with Crippen LogP contribution >= 0.6 is 0 Å². The molecular formula is C61H111NO5. The maximum absolute atomic E-state index is 13.3. The Bertz CT molecular complexity index is 1190. The summed E-state index contributed by atoms with van der Waals surface area (Å²) in [4.78, 5) is 26.3. The number of hydrogen-bond acceptors (Lipinski definition) is 5. The van der Waals surface area contributed by atoms with Gasteiger partial charge in [-0.25, -0.2) is 0 Å². The van der Waals surface area contributed by atoms with Crippen LogP contribution in [0.1, 0.15) is 290 Å². The minimum absolute atomic E-state index is 0.0687. The summed E-state index contributed by atoms with van der Waals surface area (Å²) < 4.78 is 5.96. The molecule has 1 amide bonds. The lowest BCUT2D eigenvalue weighted by atomic mass is 10.0. The maximum atomic E-state index is 13.3. The first-order valence-corrected chi connectivity index (χ1v) is 29.1. The highest BCUT2D eigenvalue weighted by molar-refractivity contribution is 5.77. The molecule has 0 bridgehead atoms. The number of allylic oxidation sites excluding steroid dienone is 10. The number of aliphatic hydroxyl groups excluding tert-OH is 2. The number of amides is 1. The first-order valence-electron chi connectivity index (χ1n) is 29.1. The number of nitrogens with one attached hydrogen (secondary N) is 1.